The second-order valence-corrected chi connectivity index (χ2v) is 6.91. The van der Waals surface area contributed by atoms with Crippen molar-refractivity contribution in [1.29, 1.82) is 0 Å². The number of hydrogen-bond donors (Lipinski definition) is 1. The van der Waals surface area contributed by atoms with Crippen LogP contribution in [0.3, 0.4) is 0 Å². The summed E-state index contributed by atoms with van der Waals surface area (Å²) in [6, 6.07) is 6.59. The molecule has 5 nitrogen and oxygen atoms in total. The zero-order valence-corrected chi connectivity index (χ0v) is 15.0. The smallest absolute Gasteiger partial charge is 0.355 e. The monoisotopic (exact) mass is 340 g/mol. The molecule has 0 heterocycles. The van der Waals surface area contributed by atoms with Gasteiger partial charge in [-0.25, -0.2) is 9.59 Å². The fraction of sp³-hybridized carbons (Fsp3) is 0.529. The zero-order chi connectivity index (χ0) is 17.6. The summed E-state index contributed by atoms with van der Waals surface area (Å²) < 4.78 is 10.1. The number of hydrogen-bond acceptors (Lipinski definition) is 6. The summed E-state index contributed by atoms with van der Waals surface area (Å²) in [5.41, 5.74) is -2.33. The number of benzene rings is 1. The van der Waals surface area contributed by atoms with Crippen LogP contribution < -0.4 is 0 Å². The highest BCUT2D eigenvalue weighted by atomic mass is 32.2. The molecular formula is C17H24O5S. The normalized spacial score (nSPS) is 11.7. The Bertz CT molecular complexity index is 514. The van der Waals surface area contributed by atoms with E-state index in [2.05, 4.69) is 0 Å². The molecule has 1 rings (SSSR count). The van der Waals surface area contributed by atoms with Gasteiger partial charge in [0.1, 0.15) is 0 Å². The van der Waals surface area contributed by atoms with Crippen molar-refractivity contribution < 1.29 is 24.2 Å². The molecule has 128 valence electrons. The SMILES string of the molecule is CCSc1ccc(C(O)(C(=O)OC(C)C)C(=O)OC(C)C)cc1. The van der Waals surface area contributed by atoms with Gasteiger partial charge in [0.15, 0.2) is 0 Å². The summed E-state index contributed by atoms with van der Waals surface area (Å²) >= 11 is 1.62. The van der Waals surface area contributed by atoms with Crippen LogP contribution >= 0.6 is 11.8 Å². The molecule has 0 aliphatic rings. The topological polar surface area (TPSA) is 72.8 Å². The maximum atomic E-state index is 12.3. The molecule has 1 aromatic carbocycles. The lowest BCUT2D eigenvalue weighted by molar-refractivity contribution is -0.189. The van der Waals surface area contributed by atoms with Gasteiger partial charge in [-0.15, -0.1) is 11.8 Å². The van der Waals surface area contributed by atoms with Crippen LogP contribution in [0.2, 0.25) is 0 Å². The van der Waals surface area contributed by atoms with Crippen molar-refractivity contribution in [2.24, 2.45) is 0 Å². The van der Waals surface area contributed by atoms with Gasteiger partial charge in [-0.1, -0.05) is 19.1 Å². The molecule has 0 saturated heterocycles. The number of ether oxygens (including phenoxy) is 2. The molecule has 0 spiro atoms. The minimum atomic E-state index is -2.47. The van der Waals surface area contributed by atoms with Gasteiger partial charge in [0.05, 0.1) is 12.2 Å². The Hall–Kier alpha value is -1.53. The predicted octanol–water partition coefficient (Wildman–Crippen LogP) is 2.89. The lowest BCUT2D eigenvalue weighted by Crippen LogP contribution is -2.47. The van der Waals surface area contributed by atoms with Crippen LogP contribution in [0.4, 0.5) is 0 Å². The maximum Gasteiger partial charge on any atom is 0.355 e. The summed E-state index contributed by atoms with van der Waals surface area (Å²) in [6.45, 7) is 8.61. The average molecular weight is 340 g/mol. The first kappa shape index (κ1) is 19.5. The fourth-order valence-electron chi connectivity index (χ4n) is 1.88. The van der Waals surface area contributed by atoms with Crippen molar-refractivity contribution in [2.75, 3.05) is 5.75 Å². The molecule has 0 radical (unpaired) electrons. The Morgan fingerprint density at radius 2 is 1.48 bits per heavy atom. The van der Waals surface area contributed by atoms with Gasteiger partial charge in [0.2, 0.25) is 0 Å². The van der Waals surface area contributed by atoms with Crippen molar-refractivity contribution in [1.82, 2.24) is 0 Å². The molecule has 23 heavy (non-hydrogen) atoms. The van der Waals surface area contributed by atoms with E-state index in [1.54, 1.807) is 63.7 Å². The van der Waals surface area contributed by atoms with Crippen molar-refractivity contribution in [2.45, 2.75) is 57.3 Å². The first-order valence-corrected chi connectivity index (χ1v) is 8.58. The standard InChI is InChI=1S/C17H24O5S/c1-6-23-14-9-7-13(8-10-14)17(20,15(18)21-11(2)3)16(19)22-12(4)5/h7-12,20H,6H2,1-5H3. The van der Waals surface area contributed by atoms with Crippen molar-refractivity contribution in [3.8, 4) is 0 Å². The third kappa shape index (κ3) is 4.97. The number of carbonyl (C=O) groups is 2. The minimum absolute atomic E-state index is 0.134. The van der Waals surface area contributed by atoms with Crippen LogP contribution in [0, 0.1) is 0 Å². The molecule has 1 N–H and O–H groups in total. The highest BCUT2D eigenvalue weighted by Crippen LogP contribution is 2.28. The largest absolute Gasteiger partial charge is 0.460 e. The number of rotatable bonds is 7. The van der Waals surface area contributed by atoms with Gasteiger partial charge in [-0.3, -0.25) is 0 Å². The van der Waals surface area contributed by atoms with Crippen LogP contribution in [0.1, 0.15) is 40.2 Å². The second kappa shape index (κ2) is 8.36. The summed E-state index contributed by atoms with van der Waals surface area (Å²) in [4.78, 5) is 25.6. The van der Waals surface area contributed by atoms with Crippen LogP contribution in [0.25, 0.3) is 0 Å². The highest BCUT2D eigenvalue weighted by Gasteiger charge is 2.50. The van der Waals surface area contributed by atoms with Crippen molar-refractivity contribution in [3.05, 3.63) is 29.8 Å². The van der Waals surface area contributed by atoms with E-state index < -0.39 is 29.7 Å². The molecule has 0 fully saturated rings. The summed E-state index contributed by atoms with van der Waals surface area (Å²) in [7, 11) is 0. The van der Waals surface area contributed by atoms with E-state index in [4.69, 9.17) is 9.47 Å². The molecular weight excluding hydrogens is 316 g/mol. The van der Waals surface area contributed by atoms with Gasteiger partial charge in [0, 0.05) is 10.5 Å². The molecule has 0 unspecified atom stereocenters. The third-order valence-corrected chi connectivity index (χ3v) is 3.75. The van der Waals surface area contributed by atoms with Crippen LogP contribution in [0.15, 0.2) is 29.2 Å². The Labute approximate surface area is 141 Å². The summed E-state index contributed by atoms with van der Waals surface area (Å²) in [5, 5.41) is 10.8. The second-order valence-electron chi connectivity index (χ2n) is 5.58. The van der Waals surface area contributed by atoms with E-state index >= 15 is 0 Å². The molecule has 1 aromatic rings. The van der Waals surface area contributed by atoms with E-state index in [-0.39, 0.29) is 5.56 Å². The average Bonchev–Trinajstić information content (AvgIpc) is 2.46. The Kier molecular flexibility index (Phi) is 7.09. The maximum absolute atomic E-state index is 12.3. The predicted molar refractivity (Wildman–Crippen MR) is 89.2 cm³/mol. The van der Waals surface area contributed by atoms with E-state index in [1.807, 2.05) is 6.92 Å². The minimum Gasteiger partial charge on any atom is -0.460 e. The van der Waals surface area contributed by atoms with Crippen LogP contribution in [-0.4, -0.2) is 35.0 Å². The molecule has 0 aliphatic heterocycles. The fourth-order valence-corrected chi connectivity index (χ4v) is 2.54. The molecule has 0 atom stereocenters. The Morgan fingerprint density at radius 3 is 1.83 bits per heavy atom. The number of esters is 2. The van der Waals surface area contributed by atoms with Gasteiger partial charge >= 0.3 is 11.9 Å². The zero-order valence-electron chi connectivity index (χ0n) is 14.2. The molecule has 0 aromatic heterocycles. The quantitative estimate of drug-likeness (QED) is 0.467. The Balaban J connectivity index is 3.21. The lowest BCUT2D eigenvalue weighted by Gasteiger charge is -2.26. The first-order chi connectivity index (χ1) is 10.7. The van der Waals surface area contributed by atoms with E-state index in [0.29, 0.717) is 0 Å². The Morgan fingerprint density at radius 1 is 1.04 bits per heavy atom. The van der Waals surface area contributed by atoms with Crippen LogP contribution in [-0.2, 0) is 24.7 Å². The first-order valence-electron chi connectivity index (χ1n) is 7.59. The van der Waals surface area contributed by atoms with Gasteiger partial charge in [0.25, 0.3) is 5.60 Å². The van der Waals surface area contributed by atoms with Crippen molar-refractivity contribution in [3.63, 3.8) is 0 Å². The molecule has 0 saturated carbocycles. The van der Waals surface area contributed by atoms with Crippen molar-refractivity contribution >= 4 is 23.7 Å². The number of carbonyl (C=O) groups excluding carboxylic acids is 2. The molecule has 6 heteroatoms. The number of aliphatic hydroxyl groups is 1. The highest BCUT2D eigenvalue weighted by molar-refractivity contribution is 7.99. The third-order valence-electron chi connectivity index (χ3n) is 2.86. The van der Waals surface area contributed by atoms with Gasteiger partial charge in [-0.2, -0.15) is 0 Å². The van der Waals surface area contributed by atoms with E-state index in [1.165, 1.54) is 0 Å². The summed E-state index contributed by atoms with van der Waals surface area (Å²) in [6.07, 6.45) is -0.924. The summed E-state index contributed by atoms with van der Waals surface area (Å²) in [5.74, 6) is -1.17. The van der Waals surface area contributed by atoms with E-state index in [0.717, 1.165) is 10.6 Å². The van der Waals surface area contributed by atoms with Gasteiger partial charge < -0.3 is 14.6 Å². The molecule has 0 aliphatic carbocycles. The molecule has 0 bridgehead atoms. The number of thioether (sulfide) groups is 1. The lowest BCUT2D eigenvalue weighted by atomic mass is 9.94. The molecule has 0 amide bonds. The van der Waals surface area contributed by atoms with E-state index in [9.17, 15) is 14.7 Å². The van der Waals surface area contributed by atoms with Crippen LogP contribution in [0.5, 0.6) is 0 Å². The van der Waals surface area contributed by atoms with Gasteiger partial charge in [-0.05, 0) is 45.6 Å².